The van der Waals surface area contributed by atoms with Crippen molar-refractivity contribution in [2.75, 3.05) is 13.2 Å². The van der Waals surface area contributed by atoms with Gasteiger partial charge in [-0.2, -0.15) is 0 Å². The Morgan fingerprint density at radius 2 is 1.52 bits per heavy atom. The van der Waals surface area contributed by atoms with Gasteiger partial charge in [-0.1, -0.05) is 58.3 Å². The average Bonchev–Trinajstić information content (AvgIpc) is 3.40. The van der Waals surface area contributed by atoms with Crippen molar-refractivity contribution in [3.05, 3.63) is 0 Å². The third-order valence-electron chi connectivity index (χ3n) is 5.37. The molecule has 0 aliphatic carbocycles. The first-order valence-corrected chi connectivity index (χ1v) is 11.1. The lowest BCUT2D eigenvalue weighted by molar-refractivity contribution is -0.151. The van der Waals surface area contributed by atoms with Crippen LogP contribution in [0.5, 0.6) is 0 Å². The average molecular weight is 385 g/mol. The summed E-state index contributed by atoms with van der Waals surface area (Å²) in [6.07, 6.45) is 13.9. The predicted octanol–water partition coefficient (Wildman–Crippen LogP) is 5.15. The summed E-state index contributed by atoms with van der Waals surface area (Å²) in [5.41, 5.74) is 0. The molecule has 0 bridgehead atoms. The first kappa shape index (κ1) is 22.6. The maximum absolute atomic E-state index is 11.7. The van der Waals surface area contributed by atoms with E-state index in [2.05, 4.69) is 6.92 Å². The second kappa shape index (κ2) is 12.0. The molecule has 158 valence electrons. The van der Waals surface area contributed by atoms with Crippen LogP contribution in [0.3, 0.4) is 0 Å². The molecule has 0 spiro atoms. The van der Waals surface area contributed by atoms with Crippen molar-refractivity contribution < 1.29 is 23.7 Å². The van der Waals surface area contributed by atoms with Gasteiger partial charge in [-0.25, -0.2) is 0 Å². The molecule has 0 saturated carbocycles. The molecule has 0 aromatic rings. The Kier molecular flexibility index (Phi) is 10.1. The van der Waals surface area contributed by atoms with E-state index in [-0.39, 0.29) is 24.3 Å². The first-order chi connectivity index (χ1) is 13.0. The van der Waals surface area contributed by atoms with Crippen molar-refractivity contribution in [3.63, 3.8) is 0 Å². The summed E-state index contributed by atoms with van der Waals surface area (Å²) < 4.78 is 22.6. The Balaban J connectivity index is 1.56. The molecule has 5 heteroatoms. The molecule has 0 aromatic carbocycles. The number of hydrogen-bond acceptors (Lipinski definition) is 5. The van der Waals surface area contributed by atoms with Crippen molar-refractivity contribution in [1.82, 2.24) is 0 Å². The second-order valence-electron chi connectivity index (χ2n) is 8.48. The van der Waals surface area contributed by atoms with Gasteiger partial charge in [-0.15, -0.1) is 0 Å². The predicted molar refractivity (Wildman–Crippen MR) is 106 cm³/mol. The molecule has 2 saturated heterocycles. The maximum atomic E-state index is 11.7. The van der Waals surface area contributed by atoms with Crippen LogP contribution in [-0.4, -0.2) is 43.3 Å². The molecule has 2 aliphatic rings. The van der Waals surface area contributed by atoms with Gasteiger partial charge in [0.1, 0.15) is 0 Å². The number of rotatable bonds is 15. The van der Waals surface area contributed by atoms with Gasteiger partial charge in [0, 0.05) is 12.8 Å². The maximum Gasteiger partial charge on any atom is 0.305 e. The Labute approximate surface area is 165 Å². The van der Waals surface area contributed by atoms with E-state index in [1.54, 1.807) is 0 Å². The molecule has 2 aliphatic heterocycles. The minimum absolute atomic E-state index is 0.0177. The molecule has 0 radical (unpaired) electrons. The highest BCUT2D eigenvalue weighted by Crippen LogP contribution is 2.32. The number of hydrogen-bond donors (Lipinski definition) is 0. The fourth-order valence-electron chi connectivity index (χ4n) is 3.75. The molecule has 5 nitrogen and oxygen atoms in total. The third-order valence-corrected chi connectivity index (χ3v) is 5.37. The Bertz CT molecular complexity index is 419. The van der Waals surface area contributed by atoms with Gasteiger partial charge >= 0.3 is 5.97 Å². The molecule has 0 aromatic heterocycles. The van der Waals surface area contributed by atoms with Gasteiger partial charge < -0.3 is 18.9 Å². The van der Waals surface area contributed by atoms with Crippen molar-refractivity contribution >= 4 is 5.97 Å². The standard InChI is InChI=1S/C22H40O5/c1-4-5-6-7-8-9-10-11-12-19-20(27-22(2,3)26-19)15-16-24-21(23)14-13-18-17-25-18/h18-20H,4-17H2,1-3H3. The van der Waals surface area contributed by atoms with Crippen molar-refractivity contribution in [1.29, 1.82) is 0 Å². The van der Waals surface area contributed by atoms with E-state index in [4.69, 9.17) is 18.9 Å². The van der Waals surface area contributed by atoms with Gasteiger partial charge in [0.15, 0.2) is 5.79 Å². The first-order valence-electron chi connectivity index (χ1n) is 11.1. The lowest BCUT2D eigenvalue weighted by Crippen LogP contribution is -2.25. The van der Waals surface area contributed by atoms with E-state index in [1.165, 1.54) is 51.4 Å². The number of carbonyl (C=O) groups is 1. The fourth-order valence-corrected chi connectivity index (χ4v) is 3.75. The Morgan fingerprint density at radius 3 is 2.15 bits per heavy atom. The summed E-state index contributed by atoms with van der Waals surface area (Å²) in [5, 5.41) is 0. The molecule has 3 unspecified atom stereocenters. The van der Waals surface area contributed by atoms with E-state index in [9.17, 15) is 4.79 Å². The monoisotopic (exact) mass is 384 g/mol. The summed E-state index contributed by atoms with van der Waals surface area (Å²) in [4.78, 5) is 11.7. The van der Waals surface area contributed by atoms with Crippen LogP contribution in [0.25, 0.3) is 0 Å². The molecule has 2 rings (SSSR count). The van der Waals surface area contributed by atoms with Crippen molar-refractivity contribution in [2.24, 2.45) is 0 Å². The quantitative estimate of drug-likeness (QED) is 0.222. The van der Waals surface area contributed by atoms with E-state index in [0.29, 0.717) is 19.4 Å². The van der Waals surface area contributed by atoms with E-state index < -0.39 is 5.79 Å². The van der Waals surface area contributed by atoms with E-state index in [0.717, 1.165) is 19.4 Å². The molecular weight excluding hydrogens is 344 g/mol. The number of carbonyl (C=O) groups excluding carboxylic acids is 1. The highest BCUT2D eigenvalue weighted by Gasteiger charge is 2.40. The lowest BCUT2D eigenvalue weighted by atomic mass is 10.0. The van der Waals surface area contributed by atoms with Crippen LogP contribution >= 0.6 is 0 Å². The zero-order valence-electron chi connectivity index (χ0n) is 17.7. The van der Waals surface area contributed by atoms with Gasteiger partial charge in [0.2, 0.25) is 0 Å². The Morgan fingerprint density at radius 1 is 0.926 bits per heavy atom. The minimum Gasteiger partial charge on any atom is -0.466 e. The lowest BCUT2D eigenvalue weighted by Gasteiger charge is -2.16. The minimum atomic E-state index is -0.539. The number of unbranched alkanes of at least 4 members (excludes halogenated alkanes) is 7. The van der Waals surface area contributed by atoms with Crippen molar-refractivity contribution in [3.8, 4) is 0 Å². The summed E-state index contributed by atoms with van der Waals surface area (Å²) in [7, 11) is 0. The Hall–Kier alpha value is -0.650. The summed E-state index contributed by atoms with van der Waals surface area (Å²) >= 11 is 0. The normalized spacial score (nSPS) is 26.3. The molecular formula is C22H40O5. The molecule has 2 heterocycles. The van der Waals surface area contributed by atoms with Crippen LogP contribution in [0.1, 0.15) is 97.8 Å². The van der Waals surface area contributed by atoms with Crippen LogP contribution in [0.4, 0.5) is 0 Å². The van der Waals surface area contributed by atoms with Crippen molar-refractivity contribution in [2.45, 2.75) is 122 Å². The number of ether oxygens (including phenoxy) is 4. The van der Waals surface area contributed by atoms with Crippen LogP contribution < -0.4 is 0 Å². The highest BCUT2D eigenvalue weighted by molar-refractivity contribution is 5.69. The second-order valence-corrected chi connectivity index (χ2v) is 8.48. The molecule has 0 N–H and O–H groups in total. The van der Waals surface area contributed by atoms with Gasteiger partial charge in [0.05, 0.1) is 31.5 Å². The highest BCUT2D eigenvalue weighted by atomic mass is 16.8. The number of esters is 1. The summed E-state index contributed by atoms with van der Waals surface area (Å²) in [6.45, 7) is 7.38. The SMILES string of the molecule is CCCCCCCCCCC1OC(C)(C)OC1CCOC(=O)CCC1CO1. The van der Waals surface area contributed by atoms with Gasteiger partial charge in [-0.05, 0) is 26.7 Å². The molecule has 27 heavy (non-hydrogen) atoms. The van der Waals surface area contributed by atoms with Crippen LogP contribution in [-0.2, 0) is 23.7 Å². The smallest absolute Gasteiger partial charge is 0.305 e. The summed E-state index contributed by atoms with van der Waals surface area (Å²) in [5.74, 6) is -0.675. The molecule has 3 atom stereocenters. The number of epoxide rings is 1. The van der Waals surface area contributed by atoms with Crippen LogP contribution in [0, 0.1) is 0 Å². The van der Waals surface area contributed by atoms with E-state index >= 15 is 0 Å². The summed E-state index contributed by atoms with van der Waals surface area (Å²) in [6, 6.07) is 0. The van der Waals surface area contributed by atoms with Gasteiger partial charge in [0.25, 0.3) is 0 Å². The third kappa shape index (κ3) is 9.91. The van der Waals surface area contributed by atoms with Crippen LogP contribution in [0.15, 0.2) is 0 Å². The zero-order chi connectivity index (χ0) is 19.5. The van der Waals surface area contributed by atoms with Crippen LogP contribution in [0.2, 0.25) is 0 Å². The fraction of sp³-hybridized carbons (Fsp3) is 0.955. The molecule has 2 fully saturated rings. The molecule has 0 amide bonds. The van der Waals surface area contributed by atoms with E-state index in [1.807, 2.05) is 13.8 Å². The largest absolute Gasteiger partial charge is 0.466 e. The zero-order valence-corrected chi connectivity index (χ0v) is 17.7. The van der Waals surface area contributed by atoms with Gasteiger partial charge in [-0.3, -0.25) is 4.79 Å². The topological polar surface area (TPSA) is 57.3 Å².